The van der Waals surface area contributed by atoms with Crippen LogP contribution in [0.1, 0.15) is 22.8 Å². The van der Waals surface area contributed by atoms with Crippen LogP contribution in [0.25, 0.3) is 5.52 Å². The van der Waals surface area contributed by atoms with Gasteiger partial charge in [0.2, 0.25) is 0 Å². The zero-order chi connectivity index (χ0) is 9.42. The Kier molecular flexibility index (Phi) is 1.69. The van der Waals surface area contributed by atoms with Crippen LogP contribution >= 0.6 is 0 Å². The van der Waals surface area contributed by atoms with Crippen molar-refractivity contribution in [1.82, 2.24) is 4.40 Å². The van der Waals surface area contributed by atoms with Crippen LogP contribution in [0.5, 0.6) is 0 Å². The third-order valence-electron chi connectivity index (χ3n) is 2.35. The molecule has 0 bridgehead atoms. The smallest absolute Gasteiger partial charge is 0.160 e. The summed E-state index contributed by atoms with van der Waals surface area (Å²) in [6.07, 6.45) is 3.89. The van der Waals surface area contributed by atoms with Gasteiger partial charge in [-0.25, -0.2) is 0 Å². The van der Waals surface area contributed by atoms with Crippen LogP contribution < -0.4 is 0 Å². The number of carbonyl (C=O) groups excluding carboxylic acids is 1. The molecule has 0 saturated heterocycles. The van der Waals surface area contributed by atoms with Crippen molar-refractivity contribution in [1.29, 1.82) is 0 Å². The van der Waals surface area contributed by atoms with Crippen molar-refractivity contribution in [3.05, 3.63) is 41.7 Å². The molecule has 0 aliphatic carbocycles. The molecule has 13 heavy (non-hydrogen) atoms. The average molecular weight is 173 g/mol. The number of fused-ring (bicyclic) bond motifs is 1. The van der Waals surface area contributed by atoms with E-state index in [0.717, 1.165) is 16.6 Å². The summed E-state index contributed by atoms with van der Waals surface area (Å²) in [5, 5.41) is 0. The Bertz CT molecular complexity index is 468. The van der Waals surface area contributed by atoms with Crippen LogP contribution in [0.15, 0.2) is 30.6 Å². The molecule has 0 fully saturated rings. The molecule has 2 aromatic heterocycles. The first-order valence-corrected chi connectivity index (χ1v) is 4.27. The molecule has 0 aromatic carbocycles. The van der Waals surface area contributed by atoms with Gasteiger partial charge in [-0.05, 0) is 37.6 Å². The third kappa shape index (κ3) is 1.15. The highest BCUT2D eigenvalue weighted by atomic mass is 16.1. The first kappa shape index (κ1) is 8.05. The summed E-state index contributed by atoms with van der Waals surface area (Å²) < 4.78 is 2.02. The van der Waals surface area contributed by atoms with Crippen molar-refractivity contribution in [3.8, 4) is 0 Å². The van der Waals surface area contributed by atoms with Gasteiger partial charge in [-0.15, -0.1) is 0 Å². The molecule has 2 rings (SSSR count). The predicted molar refractivity (Wildman–Crippen MR) is 52.1 cm³/mol. The number of pyridine rings is 1. The first-order chi connectivity index (χ1) is 6.20. The van der Waals surface area contributed by atoms with Gasteiger partial charge in [0.15, 0.2) is 5.78 Å². The molecule has 2 heteroatoms. The van der Waals surface area contributed by atoms with Gasteiger partial charge in [-0.1, -0.05) is 0 Å². The molecule has 2 aromatic rings. The maximum Gasteiger partial charge on any atom is 0.160 e. The molecule has 0 atom stereocenters. The summed E-state index contributed by atoms with van der Waals surface area (Å²) in [4.78, 5) is 11.2. The van der Waals surface area contributed by atoms with Gasteiger partial charge < -0.3 is 4.40 Å². The van der Waals surface area contributed by atoms with Crippen molar-refractivity contribution >= 4 is 11.3 Å². The highest BCUT2D eigenvalue weighted by Gasteiger charge is 2.06. The van der Waals surface area contributed by atoms with Crippen molar-refractivity contribution in [2.24, 2.45) is 0 Å². The van der Waals surface area contributed by atoms with Crippen molar-refractivity contribution in [3.63, 3.8) is 0 Å². The van der Waals surface area contributed by atoms with Gasteiger partial charge in [-0.2, -0.15) is 0 Å². The average Bonchev–Trinajstić information content (AvgIpc) is 2.52. The van der Waals surface area contributed by atoms with Gasteiger partial charge in [0.1, 0.15) is 0 Å². The number of carbonyl (C=O) groups is 1. The lowest BCUT2D eigenvalue weighted by molar-refractivity contribution is 0.101. The number of Topliss-reactive ketones (excluding diaryl/α,β-unsaturated/α-hetero) is 1. The Morgan fingerprint density at radius 3 is 2.77 bits per heavy atom. The standard InChI is InChI=1S/C11H11NO/c1-8-10(9(2)13)5-7-12-6-3-4-11(8)12/h3-7H,1-2H3. The number of aryl methyl sites for hydroxylation is 1. The fraction of sp³-hybridized carbons (Fsp3) is 0.182. The van der Waals surface area contributed by atoms with Gasteiger partial charge >= 0.3 is 0 Å². The number of hydrogen-bond acceptors (Lipinski definition) is 1. The quantitative estimate of drug-likeness (QED) is 0.607. The van der Waals surface area contributed by atoms with E-state index in [1.54, 1.807) is 6.92 Å². The minimum atomic E-state index is 0.126. The zero-order valence-electron chi connectivity index (χ0n) is 7.74. The van der Waals surface area contributed by atoms with Crippen LogP contribution in [0, 0.1) is 6.92 Å². The summed E-state index contributed by atoms with van der Waals surface area (Å²) in [5.74, 6) is 0.126. The highest BCUT2D eigenvalue weighted by Crippen LogP contribution is 2.15. The van der Waals surface area contributed by atoms with E-state index in [4.69, 9.17) is 0 Å². The van der Waals surface area contributed by atoms with E-state index in [2.05, 4.69) is 0 Å². The Labute approximate surface area is 76.8 Å². The lowest BCUT2D eigenvalue weighted by Gasteiger charge is -2.04. The van der Waals surface area contributed by atoms with E-state index in [1.807, 2.05) is 41.9 Å². The van der Waals surface area contributed by atoms with E-state index in [1.165, 1.54) is 0 Å². The minimum Gasteiger partial charge on any atom is -0.324 e. The second-order valence-electron chi connectivity index (χ2n) is 3.21. The maximum atomic E-state index is 11.2. The number of ketones is 1. The number of hydrogen-bond donors (Lipinski definition) is 0. The van der Waals surface area contributed by atoms with Gasteiger partial charge in [-0.3, -0.25) is 4.79 Å². The lowest BCUT2D eigenvalue weighted by Crippen LogP contribution is -1.98. The molecule has 0 radical (unpaired) electrons. The Balaban J connectivity index is 2.80. The van der Waals surface area contributed by atoms with E-state index < -0.39 is 0 Å². The monoisotopic (exact) mass is 173 g/mol. The van der Waals surface area contributed by atoms with Crippen LogP contribution in [-0.4, -0.2) is 10.2 Å². The maximum absolute atomic E-state index is 11.2. The minimum absolute atomic E-state index is 0.126. The molecule has 0 amide bonds. The molecule has 0 aliphatic rings. The van der Waals surface area contributed by atoms with Crippen LogP contribution in [-0.2, 0) is 0 Å². The molecule has 0 unspecified atom stereocenters. The Hall–Kier alpha value is -1.57. The molecule has 0 aliphatic heterocycles. The molecular formula is C11H11NO. The summed E-state index contributed by atoms with van der Waals surface area (Å²) >= 11 is 0. The second-order valence-corrected chi connectivity index (χ2v) is 3.21. The largest absolute Gasteiger partial charge is 0.324 e. The second kappa shape index (κ2) is 2.73. The molecular weight excluding hydrogens is 162 g/mol. The summed E-state index contributed by atoms with van der Waals surface area (Å²) in [6, 6.07) is 5.86. The lowest BCUT2D eigenvalue weighted by atomic mass is 10.1. The summed E-state index contributed by atoms with van der Waals surface area (Å²) in [5.41, 5.74) is 2.97. The van der Waals surface area contributed by atoms with Gasteiger partial charge in [0, 0.05) is 23.5 Å². The zero-order valence-corrected chi connectivity index (χ0v) is 7.74. The van der Waals surface area contributed by atoms with Crippen LogP contribution in [0.4, 0.5) is 0 Å². The third-order valence-corrected chi connectivity index (χ3v) is 2.35. The molecule has 2 heterocycles. The van der Waals surface area contributed by atoms with E-state index in [0.29, 0.717) is 0 Å². The van der Waals surface area contributed by atoms with Crippen LogP contribution in [0.3, 0.4) is 0 Å². The van der Waals surface area contributed by atoms with E-state index >= 15 is 0 Å². The Morgan fingerprint density at radius 1 is 1.31 bits per heavy atom. The van der Waals surface area contributed by atoms with E-state index in [9.17, 15) is 4.79 Å². The number of nitrogens with zero attached hydrogens (tertiary/aromatic N) is 1. The van der Waals surface area contributed by atoms with Gasteiger partial charge in [0.05, 0.1) is 0 Å². The number of aromatic nitrogens is 1. The normalized spacial score (nSPS) is 10.6. The SMILES string of the molecule is CC(=O)c1ccn2cccc2c1C. The topological polar surface area (TPSA) is 21.5 Å². The Morgan fingerprint density at radius 2 is 2.08 bits per heavy atom. The van der Waals surface area contributed by atoms with Crippen molar-refractivity contribution in [2.45, 2.75) is 13.8 Å². The predicted octanol–water partition coefficient (Wildman–Crippen LogP) is 2.45. The molecule has 0 N–H and O–H groups in total. The fourth-order valence-corrected chi connectivity index (χ4v) is 1.64. The summed E-state index contributed by atoms with van der Waals surface area (Å²) in [6.45, 7) is 3.58. The molecule has 2 nitrogen and oxygen atoms in total. The van der Waals surface area contributed by atoms with Crippen molar-refractivity contribution in [2.75, 3.05) is 0 Å². The molecule has 0 saturated carbocycles. The highest BCUT2D eigenvalue weighted by molar-refractivity contribution is 5.97. The molecule has 66 valence electrons. The van der Waals surface area contributed by atoms with Crippen LogP contribution in [0.2, 0.25) is 0 Å². The summed E-state index contributed by atoms with van der Waals surface area (Å²) in [7, 11) is 0. The van der Waals surface area contributed by atoms with Gasteiger partial charge in [0.25, 0.3) is 0 Å². The molecule has 0 spiro atoms. The first-order valence-electron chi connectivity index (χ1n) is 4.27. The van der Waals surface area contributed by atoms with E-state index in [-0.39, 0.29) is 5.78 Å². The van der Waals surface area contributed by atoms with Crippen molar-refractivity contribution < 1.29 is 4.79 Å². The number of rotatable bonds is 1. The fourth-order valence-electron chi connectivity index (χ4n) is 1.64.